The van der Waals surface area contributed by atoms with Gasteiger partial charge in [-0.3, -0.25) is 4.90 Å². The minimum atomic E-state index is 0.240. The zero-order chi connectivity index (χ0) is 11.7. The van der Waals surface area contributed by atoms with Crippen LogP contribution in [-0.4, -0.2) is 33.1 Å². The summed E-state index contributed by atoms with van der Waals surface area (Å²) in [5.41, 5.74) is 7.50. The summed E-state index contributed by atoms with van der Waals surface area (Å²) in [6.45, 7) is 8.67. The van der Waals surface area contributed by atoms with Crippen molar-refractivity contribution in [2.45, 2.75) is 51.9 Å². The van der Waals surface area contributed by atoms with E-state index in [4.69, 9.17) is 5.73 Å². The van der Waals surface area contributed by atoms with E-state index < -0.39 is 0 Å². The molecule has 90 valence electrons. The van der Waals surface area contributed by atoms with Crippen LogP contribution in [0.25, 0.3) is 0 Å². The van der Waals surface area contributed by atoms with Gasteiger partial charge in [0.2, 0.25) is 0 Å². The lowest BCUT2D eigenvalue weighted by Gasteiger charge is -2.30. The summed E-state index contributed by atoms with van der Waals surface area (Å²) >= 11 is 0. The maximum atomic E-state index is 6.24. The summed E-state index contributed by atoms with van der Waals surface area (Å²) in [4.78, 5) is 6.73. The standard InChI is InChI=1S/C12H22N4/c1-4-15-8-14-7-11(15)12-10(13)5-6-16(12)9(2)3/h7-10,12H,4-6,13H2,1-3H3/t10-,12-/m0/s1. The van der Waals surface area contributed by atoms with E-state index in [1.807, 2.05) is 12.5 Å². The number of aryl methyl sites for hydroxylation is 1. The average molecular weight is 222 g/mol. The second kappa shape index (κ2) is 4.55. The Hall–Kier alpha value is -0.870. The SMILES string of the molecule is CCn1cncc1[C@@H]1[C@@H](N)CCN1C(C)C. The fourth-order valence-corrected chi connectivity index (χ4v) is 2.65. The maximum absolute atomic E-state index is 6.24. The molecule has 1 aliphatic heterocycles. The summed E-state index contributed by atoms with van der Waals surface area (Å²) in [6, 6.07) is 1.12. The molecule has 1 aliphatic rings. The van der Waals surface area contributed by atoms with Gasteiger partial charge in [-0.1, -0.05) is 0 Å². The smallest absolute Gasteiger partial charge is 0.0948 e. The third-order valence-electron chi connectivity index (χ3n) is 3.53. The first-order valence-electron chi connectivity index (χ1n) is 6.16. The predicted molar refractivity (Wildman–Crippen MR) is 65.1 cm³/mol. The van der Waals surface area contributed by atoms with Crippen molar-refractivity contribution in [2.24, 2.45) is 5.73 Å². The summed E-state index contributed by atoms with van der Waals surface area (Å²) < 4.78 is 2.20. The maximum Gasteiger partial charge on any atom is 0.0948 e. The van der Waals surface area contributed by atoms with Crippen LogP contribution in [0.5, 0.6) is 0 Å². The van der Waals surface area contributed by atoms with Crippen molar-refractivity contribution in [3.63, 3.8) is 0 Å². The summed E-state index contributed by atoms with van der Waals surface area (Å²) in [5.74, 6) is 0. The monoisotopic (exact) mass is 222 g/mol. The van der Waals surface area contributed by atoms with Crippen LogP contribution in [0, 0.1) is 0 Å². The Bertz CT molecular complexity index is 345. The number of aromatic nitrogens is 2. The number of imidazole rings is 1. The normalized spacial score (nSPS) is 26.8. The van der Waals surface area contributed by atoms with E-state index >= 15 is 0 Å². The van der Waals surface area contributed by atoms with Crippen LogP contribution in [0.1, 0.15) is 38.9 Å². The lowest BCUT2D eigenvalue weighted by atomic mass is 10.1. The summed E-state index contributed by atoms with van der Waals surface area (Å²) in [5, 5.41) is 0. The first kappa shape index (κ1) is 11.6. The molecule has 0 bridgehead atoms. The highest BCUT2D eigenvalue weighted by Gasteiger charge is 2.35. The molecule has 2 rings (SSSR count). The van der Waals surface area contributed by atoms with Crippen molar-refractivity contribution in [2.75, 3.05) is 6.54 Å². The fraction of sp³-hybridized carbons (Fsp3) is 0.750. The molecule has 0 spiro atoms. The van der Waals surface area contributed by atoms with Gasteiger partial charge in [0.15, 0.2) is 0 Å². The predicted octanol–water partition coefficient (Wildman–Crippen LogP) is 1.39. The Labute approximate surface area is 97.4 Å². The van der Waals surface area contributed by atoms with Crippen LogP contribution in [0.3, 0.4) is 0 Å². The van der Waals surface area contributed by atoms with Gasteiger partial charge < -0.3 is 10.3 Å². The van der Waals surface area contributed by atoms with E-state index in [0.29, 0.717) is 12.1 Å². The summed E-state index contributed by atoms with van der Waals surface area (Å²) in [6.07, 6.45) is 4.95. The Balaban J connectivity index is 2.30. The van der Waals surface area contributed by atoms with Crippen molar-refractivity contribution >= 4 is 0 Å². The van der Waals surface area contributed by atoms with Crippen molar-refractivity contribution in [3.8, 4) is 0 Å². The fourth-order valence-electron chi connectivity index (χ4n) is 2.65. The van der Waals surface area contributed by atoms with Crippen LogP contribution in [0.4, 0.5) is 0 Å². The molecule has 1 saturated heterocycles. The Morgan fingerprint density at radius 2 is 2.31 bits per heavy atom. The number of nitrogens with zero attached hydrogens (tertiary/aromatic N) is 3. The van der Waals surface area contributed by atoms with E-state index in [2.05, 4.69) is 35.2 Å². The molecular weight excluding hydrogens is 200 g/mol. The van der Waals surface area contributed by atoms with Gasteiger partial charge in [0.1, 0.15) is 0 Å². The molecule has 1 fully saturated rings. The molecule has 0 amide bonds. The van der Waals surface area contributed by atoms with Crippen molar-refractivity contribution in [3.05, 3.63) is 18.2 Å². The van der Waals surface area contributed by atoms with E-state index in [0.717, 1.165) is 19.5 Å². The molecule has 2 N–H and O–H groups in total. The number of nitrogens with two attached hydrogens (primary N) is 1. The van der Waals surface area contributed by atoms with E-state index in [1.54, 1.807) is 0 Å². The highest BCUT2D eigenvalue weighted by Crippen LogP contribution is 2.32. The van der Waals surface area contributed by atoms with Crippen molar-refractivity contribution in [1.82, 2.24) is 14.5 Å². The number of hydrogen-bond acceptors (Lipinski definition) is 3. The molecule has 2 atom stereocenters. The average Bonchev–Trinajstić information content (AvgIpc) is 2.82. The van der Waals surface area contributed by atoms with Gasteiger partial charge in [-0.15, -0.1) is 0 Å². The zero-order valence-electron chi connectivity index (χ0n) is 10.4. The lowest BCUT2D eigenvalue weighted by molar-refractivity contribution is 0.191. The first-order chi connectivity index (χ1) is 7.65. The van der Waals surface area contributed by atoms with Crippen LogP contribution >= 0.6 is 0 Å². The quantitative estimate of drug-likeness (QED) is 0.840. The highest BCUT2D eigenvalue weighted by atomic mass is 15.2. The van der Waals surface area contributed by atoms with Gasteiger partial charge in [-0.25, -0.2) is 4.98 Å². The van der Waals surface area contributed by atoms with Crippen LogP contribution in [0.2, 0.25) is 0 Å². The van der Waals surface area contributed by atoms with E-state index in [-0.39, 0.29) is 6.04 Å². The molecule has 0 aliphatic carbocycles. The molecule has 0 aromatic carbocycles. The third kappa shape index (κ3) is 1.87. The van der Waals surface area contributed by atoms with Gasteiger partial charge in [-0.05, 0) is 27.2 Å². The van der Waals surface area contributed by atoms with Gasteiger partial charge in [0.25, 0.3) is 0 Å². The topological polar surface area (TPSA) is 47.1 Å². The van der Waals surface area contributed by atoms with Crippen LogP contribution in [0.15, 0.2) is 12.5 Å². The Kier molecular flexibility index (Phi) is 3.30. The van der Waals surface area contributed by atoms with Crippen LogP contribution in [-0.2, 0) is 6.54 Å². The number of rotatable bonds is 3. The molecule has 2 heterocycles. The van der Waals surface area contributed by atoms with Gasteiger partial charge in [-0.2, -0.15) is 0 Å². The highest BCUT2D eigenvalue weighted by molar-refractivity contribution is 5.12. The molecule has 4 heteroatoms. The number of likely N-dealkylation sites (tertiary alicyclic amines) is 1. The second-order valence-corrected chi connectivity index (χ2v) is 4.83. The van der Waals surface area contributed by atoms with E-state index in [9.17, 15) is 0 Å². The first-order valence-corrected chi connectivity index (χ1v) is 6.16. The minimum absolute atomic E-state index is 0.240. The van der Waals surface area contributed by atoms with Gasteiger partial charge in [0.05, 0.1) is 18.1 Å². The zero-order valence-corrected chi connectivity index (χ0v) is 10.4. The van der Waals surface area contributed by atoms with Crippen molar-refractivity contribution < 1.29 is 0 Å². The van der Waals surface area contributed by atoms with Gasteiger partial charge >= 0.3 is 0 Å². The molecule has 16 heavy (non-hydrogen) atoms. The largest absolute Gasteiger partial charge is 0.333 e. The molecular formula is C12H22N4. The Morgan fingerprint density at radius 3 is 2.94 bits per heavy atom. The second-order valence-electron chi connectivity index (χ2n) is 4.83. The molecule has 0 saturated carbocycles. The molecule has 1 aromatic heterocycles. The third-order valence-corrected chi connectivity index (χ3v) is 3.53. The van der Waals surface area contributed by atoms with E-state index in [1.165, 1.54) is 5.69 Å². The Morgan fingerprint density at radius 1 is 1.56 bits per heavy atom. The molecule has 0 radical (unpaired) electrons. The van der Waals surface area contributed by atoms with Crippen LogP contribution < -0.4 is 5.73 Å². The molecule has 0 unspecified atom stereocenters. The van der Waals surface area contributed by atoms with Crippen molar-refractivity contribution in [1.29, 1.82) is 0 Å². The molecule has 1 aromatic rings. The molecule has 4 nitrogen and oxygen atoms in total. The van der Waals surface area contributed by atoms with Gasteiger partial charge in [0, 0.05) is 31.4 Å². The minimum Gasteiger partial charge on any atom is -0.333 e. The summed E-state index contributed by atoms with van der Waals surface area (Å²) in [7, 11) is 0. The lowest BCUT2D eigenvalue weighted by Crippen LogP contribution is -2.37. The number of hydrogen-bond donors (Lipinski definition) is 1.